The SMILES string of the molecule is C=C(C)c1cccc(CS)c1. The predicted molar refractivity (Wildman–Crippen MR) is 53.8 cm³/mol. The zero-order valence-corrected chi connectivity index (χ0v) is 7.57. The van der Waals surface area contributed by atoms with Gasteiger partial charge in [-0.25, -0.2) is 0 Å². The zero-order chi connectivity index (χ0) is 8.27. The number of benzene rings is 1. The van der Waals surface area contributed by atoms with Crippen LogP contribution >= 0.6 is 12.6 Å². The Bertz CT molecular complexity index is 263. The lowest BCUT2D eigenvalue weighted by atomic mass is 10.1. The molecule has 1 rings (SSSR count). The van der Waals surface area contributed by atoms with Gasteiger partial charge in [-0.2, -0.15) is 12.6 Å². The Labute approximate surface area is 73.4 Å². The van der Waals surface area contributed by atoms with Gasteiger partial charge in [-0.1, -0.05) is 36.4 Å². The number of hydrogen-bond donors (Lipinski definition) is 1. The zero-order valence-electron chi connectivity index (χ0n) is 6.67. The third kappa shape index (κ3) is 2.12. The van der Waals surface area contributed by atoms with Gasteiger partial charge in [0.25, 0.3) is 0 Å². The molecule has 0 nitrogen and oxygen atoms in total. The van der Waals surface area contributed by atoms with Crippen LogP contribution < -0.4 is 0 Å². The van der Waals surface area contributed by atoms with Crippen molar-refractivity contribution in [3.05, 3.63) is 42.0 Å². The van der Waals surface area contributed by atoms with Crippen molar-refractivity contribution in [2.45, 2.75) is 12.7 Å². The smallest absolute Gasteiger partial charge is 0.0154 e. The predicted octanol–water partition coefficient (Wildman–Crippen LogP) is 3.15. The van der Waals surface area contributed by atoms with E-state index in [2.05, 4.69) is 37.4 Å². The molecule has 0 saturated heterocycles. The third-order valence-electron chi connectivity index (χ3n) is 1.60. The molecule has 0 N–H and O–H groups in total. The van der Waals surface area contributed by atoms with Crippen LogP contribution in [0, 0.1) is 0 Å². The summed E-state index contributed by atoms with van der Waals surface area (Å²) in [6.07, 6.45) is 0. The molecule has 0 saturated carbocycles. The van der Waals surface area contributed by atoms with Crippen molar-refractivity contribution in [2.24, 2.45) is 0 Å². The molecule has 1 aromatic carbocycles. The molecule has 0 atom stereocenters. The van der Waals surface area contributed by atoms with Crippen LogP contribution in [0.3, 0.4) is 0 Å². The third-order valence-corrected chi connectivity index (χ3v) is 1.97. The first-order valence-electron chi connectivity index (χ1n) is 3.59. The topological polar surface area (TPSA) is 0 Å². The molecule has 0 radical (unpaired) electrons. The van der Waals surface area contributed by atoms with E-state index in [1.165, 1.54) is 11.1 Å². The van der Waals surface area contributed by atoms with Gasteiger partial charge in [-0.15, -0.1) is 0 Å². The van der Waals surface area contributed by atoms with Crippen LogP contribution in [0.15, 0.2) is 30.8 Å². The van der Waals surface area contributed by atoms with Crippen molar-refractivity contribution < 1.29 is 0 Å². The molecular formula is C10H12S. The van der Waals surface area contributed by atoms with E-state index in [1.54, 1.807) is 0 Å². The molecule has 0 aliphatic rings. The molecule has 0 bridgehead atoms. The molecular weight excluding hydrogens is 152 g/mol. The molecule has 0 spiro atoms. The fraction of sp³-hybridized carbons (Fsp3) is 0.200. The Morgan fingerprint density at radius 2 is 2.27 bits per heavy atom. The van der Waals surface area contributed by atoms with E-state index in [0.29, 0.717) is 0 Å². The monoisotopic (exact) mass is 164 g/mol. The molecule has 0 aliphatic carbocycles. The summed E-state index contributed by atoms with van der Waals surface area (Å²) in [5.74, 6) is 0.793. The average molecular weight is 164 g/mol. The second-order valence-electron chi connectivity index (χ2n) is 2.64. The minimum Gasteiger partial charge on any atom is -0.175 e. The number of allylic oxidation sites excluding steroid dienone is 1. The quantitative estimate of drug-likeness (QED) is 0.638. The summed E-state index contributed by atoms with van der Waals surface area (Å²) in [4.78, 5) is 0. The highest BCUT2D eigenvalue weighted by molar-refractivity contribution is 7.79. The van der Waals surface area contributed by atoms with Crippen molar-refractivity contribution in [3.63, 3.8) is 0 Å². The van der Waals surface area contributed by atoms with E-state index in [-0.39, 0.29) is 0 Å². The summed E-state index contributed by atoms with van der Waals surface area (Å²) in [7, 11) is 0. The summed E-state index contributed by atoms with van der Waals surface area (Å²) in [6.45, 7) is 5.89. The van der Waals surface area contributed by atoms with Crippen molar-refractivity contribution in [1.29, 1.82) is 0 Å². The molecule has 0 aromatic heterocycles. The summed E-state index contributed by atoms with van der Waals surface area (Å²) in [6, 6.07) is 8.29. The van der Waals surface area contributed by atoms with E-state index in [9.17, 15) is 0 Å². The van der Waals surface area contributed by atoms with Gasteiger partial charge in [0.05, 0.1) is 0 Å². The van der Waals surface area contributed by atoms with Crippen LogP contribution in [0.4, 0.5) is 0 Å². The van der Waals surface area contributed by atoms with Crippen molar-refractivity contribution >= 4 is 18.2 Å². The molecule has 58 valence electrons. The molecule has 0 fully saturated rings. The number of hydrogen-bond acceptors (Lipinski definition) is 1. The maximum absolute atomic E-state index is 4.20. The highest BCUT2D eigenvalue weighted by Gasteiger charge is 1.93. The maximum atomic E-state index is 4.20. The van der Waals surface area contributed by atoms with Crippen molar-refractivity contribution in [1.82, 2.24) is 0 Å². The highest BCUT2D eigenvalue weighted by Crippen LogP contribution is 2.13. The van der Waals surface area contributed by atoms with Gasteiger partial charge < -0.3 is 0 Å². The van der Waals surface area contributed by atoms with E-state index in [0.717, 1.165) is 11.3 Å². The van der Waals surface area contributed by atoms with E-state index < -0.39 is 0 Å². The van der Waals surface area contributed by atoms with Gasteiger partial charge in [0.1, 0.15) is 0 Å². The van der Waals surface area contributed by atoms with Gasteiger partial charge in [-0.05, 0) is 18.1 Å². The Hall–Kier alpha value is -0.690. The normalized spacial score (nSPS) is 9.64. The fourth-order valence-electron chi connectivity index (χ4n) is 0.935. The van der Waals surface area contributed by atoms with Gasteiger partial charge >= 0.3 is 0 Å². The standard InChI is InChI=1S/C10H12S/c1-8(2)10-5-3-4-9(6-10)7-11/h3-6,11H,1,7H2,2H3. The summed E-state index contributed by atoms with van der Waals surface area (Å²) in [5, 5.41) is 0. The Morgan fingerprint density at radius 1 is 1.55 bits per heavy atom. The number of thiol groups is 1. The summed E-state index contributed by atoms with van der Waals surface area (Å²) < 4.78 is 0. The molecule has 0 heterocycles. The molecule has 0 amide bonds. The second kappa shape index (κ2) is 3.63. The van der Waals surface area contributed by atoms with Gasteiger partial charge in [0, 0.05) is 5.75 Å². The summed E-state index contributed by atoms with van der Waals surface area (Å²) >= 11 is 4.20. The summed E-state index contributed by atoms with van der Waals surface area (Å²) in [5.41, 5.74) is 3.55. The Morgan fingerprint density at radius 3 is 2.82 bits per heavy atom. The van der Waals surface area contributed by atoms with Gasteiger partial charge in [0.15, 0.2) is 0 Å². The van der Waals surface area contributed by atoms with Crippen LogP contribution in [0.5, 0.6) is 0 Å². The molecule has 0 aliphatic heterocycles. The molecule has 11 heavy (non-hydrogen) atoms. The second-order valence-corrected chi connectivity index (χ2v) is 2.96. The first-order chi connectivity index (χ1) is 5.24. The molecule has 0 unspecified atom stereocenters. The number of rotatable bonds is 2. The minimum atomic E-state index is 0.793. The van der Waals surface area contributed by atoms with Crippen molar-refractivity contribution in [3.8, 4) is 0 Å². The first-order valence-corrected chi connectivity index (χ1v) is 4.23. The van der Waals surface area contributed by atoms with E-state index in [1.807, 2.05) is 13.0 Å². The lowest BCUT2D eigenvalue weighted by molar-refractivity contribution is 1.40. The average Bonchev–Trinajstić information content (AvgIpc) is 2.05. The van der Waals surface area contributed by atoms with Gasteiger partial charge in [-0.3, -0.25) is 0 Å². The van der Waals surface area contributed by atoms with Crippen molar-refractivity contribution in [2.75, 3.05) is 0 Å². The fourth-order valence-corrected chi connectivity index (χ4v) is 1.13. The Kier molecular flexibility index (Phi) is 2.77. The van der Waals surface area contributed by atoms with Crippen LogP contribution in [0.1, 0.15) is 18.1 Å². The largest absolute Gasteiger partial charge is 0.175 e. The van der Waals surface area contributed by atoms with Gasteiger partial charge in [0.2, 0.25) is 0 Å². The van der Waals surface area contributed by atoms with Crippen LogP contribution in [0.25, 0.3) is 5.57 Å². The molecule has 1 aromatic rings. The molecule has 1 heteroatoms. The highest BCUT2D eigenvalue weighted by atomic mass is 32.1. The Balaban J connectivity index is 3.01. The van der Waals surface area contributed by atoms with E-state index >= 15 is 0 Å². The lowest BCUT2D eigenvalue weighted by Gasteiger charge is -2.01. The van der Waals surface area contributed by atoms with E-state index in [4.69, 9.17) is 0 Å². The first kappa shape index (κ1) is 8.41. The van der Waals surface area contributed by atoms with Crippen LogP contribution in [0.2, 0.25) is 0 Å². The maximum Gasteiger partial charge on any atom is 0.0154 e. The lowest BCUT2D eigenvalue weighted by Crippen LogP contribution is -1.81. The van der Waals surface area contributed by atoms with Crippen LogP contribution in [-0.4, -0.2) is 0 Å². The minimum absolute atomic E-state index is 0.793. The van der Waals surface area contributed by atoms with Crippen LogP contribution in [-0.2, 0) is 5.75 Å².